The molecule has 44 heavy (non-hydrogen) atoms. The Balaban J connectivity index is 1.69. The van der Waals surface area contributed by atoms with E-state index in [1.165, 1.54) is 23.0 Å². The summed E-state index contributed by atoms with van der Waals surface area (Å²) in [5.41, 5.74) is 2.74. The Bertz CT molecular complexity index is 2010. The zero-order chi connectivity index (χ0) is 31.4. The van der Waals surface area contributed by atoms with Crippen LogP contribution in [-0.4, -0.2) is 48.0 Å². The number of esters is 2. The predicted molar refractivity (Wildman–Crippen MR) is 166 cm³/mol. The summed E-state index contributed by atoms with van der Waals surface area (Å²) in [6.07, 6.45) is 9.35. The van der Waals surface area contributed by atoms with Crippen molar-refractivity contribution in [1.29, 1.82) is 0 Å². The van der Waals surface area contributed by atoms with Gasteiger partial charge in [-0.3, -0.25) is 9.36 Å². The summed E-state index contributed by atoms with van der Waals surface area (Å²) in [6.45, 7) is 5.80. The highest BCUT2D eigenvalue weighted by Crippen LogP contribution is 2.36. The van der Waals surface area contributed by atoms with E-state index in [2.05, 4.69) is 15.6 Å². The van der Waals surface area contributed by atoms with Gasteiger partial charge in [0.15, 0.2) is 22.9 Å². The average Bonchev–Trinajstić information content (AvgIpc) is 3.52. The molecule has 0 amide bonds. The number of ether oxygens (including phenoxy) is 4. The first kappa shape index (κ1) is 30.4. The zero-order valence-electron chi connectivity index (χ0n) is 24.8. The molecule has 0 spiro atoms. The number of thiazole rings is 1. The molecular formula is C33H31N3O7S. The molecule has 11 heteroatoms. The first-order chi connectivity index (χ1) is 21.3. The number of hydrogen-bond donors (Lipinski definition) is 0. The van der Waals surface area contributed by atoms with Crippen LogP contribution in [0.2, 0.25) is 0 Å². The van der Waals surface area contributed by atoms with Crippen molar-refractivity contribution < 1.29 is 28.5 Å². The number of terminal acetylenes is 1. The van der Waals surface area contributed by atoms with E-state index >= 15 is 0 Å². The van der Waals surface area contributed by atoms with Crippen LogP contribution in [0.4, 0.5) is 0 Å². The Morgan fingerprint density at radius 2 is 1.91 bits per heavy atom. The van der Waals surface area contributed by atoms with Crippen molar-refractivity contribution in [3.63, 3.8) is 0 Å². The quantitative estimate of drug-likeness (QED) is 0.199. The van der Waals surface area contributed by atoms with E-state index in [1.807, 2.05) is 48.0 Å². The van der Waals surface area contributed by atoms with Crippen molar-refractivity contribution in [2.75, 3.05) is 26.9 Å². The third kappa shape index (κ3) is 5.76. The topological polar surface area (TPSA) is 110 Å². The third-order valence-electron chi connectivity index (χ3n) is 7.04. The summed E-state index contributed by atoms with van der Waals surface area (Å²) in [4.78, 5) is 44.3. The molecule has 4 aromatic rings. The number of para-hydroxylation sites is 1. The first-order valence-electron chi connectivity index (χ1n) is 14.0. The number of benzene rings is 2. The van der Waals surface area contributed by atoms with Crippen molar-refractivity contribution in [2.45, 2.75) is 33.4 Å². The second-order valence-electron chi connectivity index (χ2n) is 9.74. The number of carbonyl (C=O) groups excluding carboxylic acids is 2. The molecule has 1 atom stereocenters. The molecule has 10 nitrogen and oxygen atoms in total. The molecule has 0 aliphatic carbocycles. The average molecular weight is 614 g/mol. The molecule has 226 valence electrons. The Hall–Kier alpha value is -5.08. The van der Waals surface area contributed by atoms with Gasteiger partial charge in [0, 0.05) is 22.7 Å². The number of hydrogen-bond acceptors (Lipinski definition) is 9. The van der Waals surface area contributed by atoms with Gasteiger partial charge in [-0.1, -0.05) is 41.5 Å². The number of methoxy groups -OCH3 is 1. The van der Waals surface area contributed by atoms with Gasteiger partial charge in [0.05, 0.1) is 48.7 Å². The number of aromatic nitrogens is 2. The maximum atomic E-state index is 14.2. The SMILES string of the molecule is C#CCn1cc(/C=c2/sc3n(c2=O)[C@@H](c2ccc(OCC(=O)OC)c(OCC)c2)C(C(=O)OCC)=C(C)N=3)c2ccccc21. The van der Waals surface area contributed by atoms with Gasteiger partial charge in [-0.05, 0) is 50.6 Å². The molecule has 2 aromatic heterocycles. The molecule has 3 heterocycles. The van der Waals surface area contributed by atoms with Gasteiger partial charge in [-0.2, -0.15) is 0 Å². The molecule has 0 fully saturated rings. The summed E-state index contributed by atoms with van der Waals surface area (Å²) < 4.78 is 25.5. The van der Waals surface area contributed by atoms with Crippen LogP contribution in [0.5, 0.6) is 11.5 Å². The second-order valence-corrected chi connectivity index (χ2v) is 10.7. The highest BCUT2D eigenvalue weighted by Gasteiger charge is 2.34. The van der Waals surface area contributed by atoms with Gasteiger partial charge >= 0.3 is 11.9 Å². The van der Waals surface area contributed by atoms with Crippen molar-refractivity contribution >= 4 is 40.3 Å². The van der Waals surface area contributed by atoms with Gasteiger partial charge in [0.25, 0.3) is 5.56 Å². The molecule has 0 unspecified atom stereocenters. The molecule has 0 bridgehead atoms. The van der Waals surface area contributed by atoms with Crippen LogP contribution >= 0.6 is 11.3 Å². The van der Waals surface area contributed by atoms with Crippen molar-refractivity contribution in [2.24, 2.45) is 4.99 Å². The van der Waals surface area contributed by atoms with Gasteiger partial charge in [-0.25, -0.2) is 14.6 Å². The van der Waals surface area contributed by atoms with Crippen LogP contribution in [0.15, 0.2) is 69.7 Å². The minimum atomic E-state index is -0.857. The molecule has 0 saturated carbocycles. The van der Waals surface area contributed by atoms with E-state index in [4.69, 9.17) is 20.6 Å². The van der Waals surface area contributed by atoms with Gasteiger partial charge < -0.3 is 23.5 Å². The molecular weight excluding hydrogens is 582 g/mol. The van der Waals surface area contributed by atoms with E-state index < -0.39 is 18.0 Å². The van der Waals surface area contributed by atoms with Crippen LogP contribution in [0.25, 0.3) is 17.0 Å². The van der Waals surface area contributed by atoms with Crippen molar-refractivity contribution in [3.05, 3.63) is 90.7 Å². The van der Waals surface area contributed by atoms with E-state index in [0.717, 1.165) is 16.5 Å². The van der Waals surface area contributed by atoms with E-state index in [9.17, 15) is 14.4 Å². The summed E-state index contributed by atoms with van der Waals surface area (Å²) >= 11 is 1.23. The zero-order valence-corrected chi connectivity index (χ0v) is 25.6. The number of rotatable bonds is 10. The number of nitrogens with zero attached hydrogens (tertiary/aromatic N) is 3. The Labute approximate surface area is 257 Å². The second kappa shape index (κ2) is 13.1. The summed E-state index contributed by atoms with van der Waals surface area (Å²) in [5, 5.41) is 0.956. The molecule has 1 aliphatic rings. The third-order valence-corrected chi connectivity index (χ3v) is 8.02. The Morgan fingerprint density at radius 3 is 2.64 bits per heavy atom. The van der Waals surface area contributed by atoms with E-state index in [-0.39, 0.29) is 24.3 Å². The minimum absolute atomic E-state index is 0.152. The first-order valence-corrected chi connectivity index (χ1v) is 14.8. The summed E-state index contributed by atoms with van der Waals surface area (Å²) in [7, 11) is 1.27. The number of carbonyl (C=O) groups is 2. The highest BCUT2D eigenvalue weighted by molar-refractivity contribution is 7.07. The lowest BCUT2D eigenvalue weighted by Gasteiger charge is -2.25. The van der Waals surface area contributed by atoms with Gasteiger partial charge in [0.2, 0.25) is 0 Å². The minimum Gasteiger partial charge on any atom is -0.490 e. The van der Waals surface area contributed by atoms with Crippen molar-refractivity contribution in [3.8, 4) is 23.8 Å². The summed E-state index contributed by atoms with van der Waals surface area (Å²) in [6, 6.07) is 12.0. The van der Waals surface area contributed by atoms with Gasteiger partial charge in [-0.15, -0.1) is 6.42 Å². The molecule has 0 radical (unpaired) electrons. The highest BCUT2D eigenvalue weighted by atomic mass is 32.1. The monoisotopic (exact) mass is 613 g/mol. The molecule has 5 rings (SSSR count). The normalized spacial score (nSPS) is 14.5. The lowest BCUT2D eigenvalue weighted by Crippen LogP contribution is -2.40. The number of fused-ring (bicyclic) bond motifs is 2. The van der Waals surface area contributed by atoms with Crippen LogP contribution < -0.4 is 24.4 Å². The van der Waals surface area contributed by atoms with E-state index in [0.29, 0.717) is 45.2 Å². The van der Waals surface area contributed by atoms with Crippen molar-refractivity contribution in [1.82, 2.24) is 9.13 Å². The molecule has 2 aromatic carbocycles. The molecule has 1 aliphatic heterocycles. The van der Waals surface area contributed by atoms with Crippen LogP contribution in [0.1, 0.15) is 37.9 Å². The van der Waals surface area contributed by atoms with E-state index in [1.54, 1.807) is 32.0 Å². The van der Waals surface area contributed by atoms with Gasteiger partial charge in [0.1, 0.15) is 0 Å². The fraction of sp³-hybridized carbons (Fsp3) is 0.273. The lowest BCUT2D eigenvalue weighted by atomic mass is 9.95. The lowest BCUT2D eigenvalue weighted by molar-refractivity contribution is -0.143. The Kier molecular flexibility index (Phi) is 9.01. The van der Waals surface area contributed by atoms with Crippen LogP contribution in [-0.2, 0) is 25.6 Å². The molecule has 0 N–H and O–H groups in total. The maximum Gasteiger partial charge on any atom is 0.343 e. The fourth-order valence-corrected chi connectivity index (χ4v) is 6.18. The summed E-state index contributed by atoms with van der Waals surface area (Å²) in [5.74, 6) is 2.21. The fourth-order valence-electron chi connectivity index (χ4n) is 5.15. The maximum absolute atomic E-state index is 14.2. The Morgan fingerprint density at radius 1 is 1.11 bits per heavy atom. The predicted octanol–water partition coefficient (Wildman–Crippen LogP) is 3.34. The smallest absolute Gasteiger partial charge is 0.343 e. The van der Waals surface area contributed by atoms with Crippen LogP contribution in [0.3, 0.4) is 0 Å². The largest absolute Gasteiger partial charge is 0.490 e. The standard InChI is InChI=1S/C33H31N3O7S/c1-6-15-35-18-22(23-11-9-10-12-24(23)35)17-27-31(38)36-30(29(32(39)42-8-3)20(4)34-33(36)44-27)21-13-14-25(26(16-21)41-7-2)43-19-28(37)40-5/h1,9-14,16-18,30H,7-8,15,19H2,2-5H3/b27-17+/t30-/m0/s1. The van der Waals surface area contributed by atoms with Crippen LogP contribution in [0, 0.1) is 12.3 Å². The number of allylic oxidation sites excluding steroid dienone is 1. The molecule has 0 saturated heterocycles.